The van der Waals surface area contributed by atoms with Crippen molar-refractivity contribution in [3.8, 4) is 0 Å². The zero-order valence-electron chi connectivity index (χ0n) is 11.6. The van der Waals surface area contributed by atoms with E-state index in [2.05, 4.69) is 20.3 Å². The van der Waals surface area contributed by atoms with E-state index in [-0.39, 0.29) is 0 Å². The third-order valence-corrected chi connectivity index (χ3v) is 3.77. The molecule has 0 saturated heterocycles. The maximum absolute atomic E-state index is 6.17. The van der Waals surface area contributed by atoms with Crippen LogP contribution in [0, 0.1) is 6.92 Å². The molecule has 6 heteroatoms. The summed E-state index contributed by atoms with van der Waals surface area (Å²) in [7, 11) is 0. The molecule has 5 nitrogen and oxygen atoms in total. The molecule has 1 aliphatic rings. The minimum Gasteiger partial charge on any atom is -0.444 e. The lowest BCUT2D eigenvalue weighted by Crippen LogP contribution is -2.07. The molecule has 0 unspecified atom stereocenters. The van der Waals surface area contributed by atoms with Crippen LogP contribution in [-0.4, -0.2) is 15.0 Å². The van der Waals surface area contributed by atoms with Gasteiger partial charge >= 0.3 is 0 Å². The van der Waals surface area contributed by atoms with E-state index in [4.69, 9.17) is 16.0 Å². The summed E-state index contributed by atoms with van der Waals surface area (Å²) in [5.41, 5.74) is 0.860. The van der Waals surface area contributed by atoms with Gasteiger partial charge in [-0.05, 0) is 19.8 Å². The first-order valence-electron chi connectivity index (χ1n) is 6.89. The second kappa shape index (κ2) is 5.40. The maximum atomic E-state index is 6.17. The lowest BCUT2D eigenvalue weighted by atomic mass is 10.3. The molecule has 106 valence electrons. The number of aryl methyl sites for hydroxylation is 1. The highest BCUT2D eigenvalue weighted by Gasteiger charge is 2.28. The molecule has 1 saturated carbocycles. The van der Waals surface area contributed by atoms with E-state index in [1.165, 1.54) is 0 Å². The van der Waals surface area contributed by atoms with Crippen molar-refractivity contribution in [3.05, 3.63) is 34.4 Å². The molecule has 0 bridgehead atoms. The van der Waals surface area contributed by atoms with Crippen LogP contribution in [-0.2, 0) is 13.0 Å². The Bertz CT molecular complexity index is 622. The van der Waals surface area contributed by atoms with Crippen LogP contribution in [0.25, 0.3) is 0 Å². The van der Waals surface area contributed by atoms with Crippen molar-refractivity contribution in [1.29, 1.82) is 0 Å². The first-order valence-corrected chi connectivity index (χ1v) is 7.26. The molecule has 20 heavy (non-hydrogen) atoms. The molecule has 0 spiro atoms. The minimum absolute atomic E-state index is 0.474. The SMILES string of the molecule is CCc1cnc(CNc2nc(C3CC3)nc(Cl)c2C)o1. The van der Waals surface area contributed by atoms with Crippen molar-refractivity contribution in [2.75, 3.05) is 5.32 Å². The molecule has 1 fully saturated rings. The van der Waals surface area contributed by atoms with Gasteiger partial charge in [0, 0.05) is 17.9 Å². The van der Waals surface area contributed by atoms with Crippen LogP contribution in [0.2, 0.25) is 5.15 Å². The number of rotatable bonds is 5. The monoisotopic (exact) mass is 292 g/mol. The van der Waals surface area contributed by atoms with E-state index >= 15 is 0 Å². The number of nitrogens with zero attached hydrogens (tertiary/aromatic N) is 3. The number of oxazole rings is 1. The van der Waals surface area contributed by atoms with Gasteiger partial charge in [-0.15, -0.1) is 0 Å². The molecule has 0 atom stereocenters. The average molecular weight is 293 g/mol. The summed E-state index contributed by atoms with van der Waals surface area (Å²) >= 11 is 6.17. The Hall–Kier alpha value is -1.62. The zero-order valence-corrected chi connectivity index (χ0v) is 12.4. The van der Waals surface area contributed by atoms with Gasteiger partial charge in [-0.25, -0.2) is 15.0 Å². The topological polar surface area (TPSA) is 63.8 Å². The van der Waals surface area contributed by atoms with Crippen LogP contribution in [0.3, 0.4) is 0 Å². The molecule has 1 N–H and O–H groups in total. The van der Waals surface area contributed by atoms with E-state index < -0.39 is 0 Å². The van der Waals surface area contributed by atoms with Crippen molar-refractivity contribution in [2.24, 2.45) is 0 Å². The second-order valence-electron chi connectivity index (χ2n) is 5.05. The standard InChI is InChI=1S/C14H17ClN4O/c1-3-10-6-16-11(20-10)7-17-13-8(2)12(15)18-14(19-13)9-4-5-9/h6,9H,3-5,7H2,1-2H3,(H,17,18,19). The Morgan fingerprint density at radius 1 is 1.40 bits per heavy atom. The average Bonchev–Trinajstić information content (AvgIpc) is 3.19. The first kappa shape index (κ1) is 13.4. The molecule has 0 aliphatic heterocycles. The molecular formula is C14H17ClN4O. The fourth-order valence-corrected chi connectivity index (χ4v) is 2.13. The summed E-state index contributed by atoms with van der Waals surface area (Å²) in [5.74, 6) is 3.62. The van der Waals surface area contributed by atoms with Gasteiger partial charge in [0.25, 0.3) is 0 Å². The minimum atomic E-state index is 0.474. The quantitative estimate of drug-likeness (QED) is 0.855. The van der Waals surface area contributed by atoms with E-state index in [9.17, 15) is 0 Å². The molecule has 2 aromatic rings. The Labute approximate surface area is 122 Å². The summed E-state index contributed by atoms with van der Waals surface area (Å²) in [6, 6.07) is 0. The predicted octanol–water partition coefficient (Wildman–Crippen LogP) is 3.48. The molecule has 0 aromatic carbocycles. The van der Waals surface area contributed by atoms with Crippen LogP contribution in [0.1, 0.15) is 48.7 Å². The normalized spacial score (nSPS) is 14.6. The molecule has 3 rings (SSSR count). The van der Waals surface area contributed by atoms with E-state index in [1.54, 1.807) is 6.20 Å². The third kappa shape index (κ3) is 2.77. The van der Waals surface area contributed by atoms with E-state index in [0.717, 1.165) is 42.2 Å². The lowest BCUT2D eigenvalue weighted by molar-refractivity contribution is 0.465. The Morgan fingerprint density at radius 2 is 2.20 bits per heavy atom. The zero-order chi connectivity index (χ0) is 14.1. The number of hydrogen-bond donors (Lipinski definition) is 1. The second-order valence-corrected chi connectivity index (χ2v) is 5.41. The summed E-state index contributed by atoms with van der Waals surface area (Å²) < 4.78 is 5.56. The van der Waals surface area contributed by atoms with Gasteiger partial charge < -0.3 is 9.73 Å². The summed E-state index contributed by atoms with van der Waals surface area (Å²) in [5, 5.41) is 3.76. The highest BCUT2D eigenvalue weighted by Crippen LogP contribution is 2.39. The van der Waals surface area contributed by atoms with Gasteiger partial charge in [0.1, 0.15) is 22.6 Å². The number of anilines is 1. The molecule has 2 aromatic heterocycles. The van der Waals surface area contributed by atoms with Crippen LogP contribution in [0.4, 0.5) is 5.82 Å². The highest BCUT2D eigenvalue weighted by atomic mass is 35.5. The molecule has 1 aliphatic carbocycles. The number of aromatic nitrogens is 3. The number of nitrogens with one attached hydrogen (secondary N) is 1. The number of hydrogen-bond acceptors (Lipinski definition) is 5. The summed E-state index contributed by atoms with van der Waals surface area (Å²) in [6.07, 6.45) is 4.90. The van der Waals surface area contributed by atoms with Gasteiger partial charge in [0.15, 0.2) is 0 Å². The Kier molecular flexibility index (Phi) is 3.61. The van der Waals surface area contributed by atoms with E-state index in [0.29, 0.717) is 23.5 Å². The first-order chi connectivity index (χ1) is 9.67. The maximum Gasteiger partial charge on any atom is 0.213 e. The Morgan fingerprint density at radius 3 is 2.85 bits per heavy atom. The fraction of sp³-hybridized carbons (Fsp3) is 0.500. The lowest BCUT2D eigenvalue weighted by Gasteiger charge is -2.09. The fourth-order valence-electron chi connectivity index (χ4n) is 1.95. The van der Waals surface area contributed by atoms with Crippen molar-refractivity contribution >= 4 is 17.4 Å². The van der Waals surface area contributed by atoms with Crippen molar-refractivity contribution < 1.29 is 4.42 Å². The van der Waals surface area contributed by atoms with Crippen LogP contribution >= 0.6 is 11.6 Å². The molecule has 0 amide bonds. The summed E-state index contributed by atoms with van der Waals surface area (Å²) in [4.78, 5) is 13.1. The van der Waals surface area contributed by atoms with Crippen molar-refractivity contribution in [1.82, 2.24) is 15.0 Å². The van der Waals surface area contributed by atoms with Crippen LogP contribution in [0.5, 0.6) is 0 Å². The van der Waals surface area contributed by atoms with Crippen LogP contribution < -0.4 is 5.32 Å². The molecule has 0 radical (unpaired) electrons. The van der Waals surface area contributed by atoms with Gasteiger partial charge in [-0.2, -0.15) is 0 Å². The van der Waals surface area contributed by atoms with Gasteiger partial charge in [0.05, 0.1) is 12.7 Å². The van der Waals surface area contributed by atoms with Crippen LogP contribution in [0.15, 0.2) is 10.6 Å². The Balaban J connectivity index is 1.75. The third-order valence-electron chi connectivity index (χ3n) is 3.40. The summed E-state index contributed by atoms with van der Waals surface area (Å²) in [6.45, 7) is 4.45. The highest BCUT2D eigenvalue weighted by molar-refractivity contribution is 6.30. The van der Waals surface area contributed by atoms with Crippen molar-refractivity contribution in [3.63, 3.8) is 0 Å². The number of halogens is 1. The predicted molar refractivity (Wildman–Crippen MR) is 77.0 cm³/mol. The van der Waals surface area contributed by atoms with Gasteiger partial charge in [0.2, 0.25) is 5.89 Å². The molecular weight excluding hydrogens is 276 g/mol. The molecule has 2 heterocycles. The largest absolute Gasteiger partial charge is 0.444 e. The van der Waals surface area contributed by atoms with Gasteiger partial charge in [-0.1, -0.05) is 18.5 Å². The van der Waals surface area contributed by atoms with Gasteiger partial charge in [-0.3, -0.25) is 0 Å². The smallest absolute Gasteiger partial charge is 0.213 e. The van der Waals surface area contributed by atoms with Crippen molar-refractivity contribution in [2.45, 2.75) is 45.6 Å². The van der Waals surface area contributed by atoms with E-state index in [1.807, 2.05) is 13.8 Å².